The van der Waals surface area contributed by atoms with Crippen LogP contribution in [-0.2, 0) is 22.5 Å². The molecule has 2 amide bonds. The molecule has 1 fully saturated rings. The number of carbonyl (C=O) groups is 3. The zero-order valence-corrected chi connectivity index (χ0v) is 23.2. The van der Waals surface area contributed by atoms with Crippen LogP contribution >= 0.6 is 11.8 Å². The van der Waals surface area contributed by atoms with E-state index in [1.807, 2.05) is 58.0 Å². The highest BCUT2D eigenvalue weighted by Crippen LogP contribution is 2.45. The number of amides is 2. The Bertz CT molecular complexity index is 1290. The Labute approximate surface area is 222 Å². The first-order valence-electron chi connectivity index (χ1n) is 12.3. The smallest absolute Gasteiger partial charge is 0.483 e. The lowest BCUT2D eigenvalue weighted by molar-refractivity contribution is -0.123. The fraction of sp³-hybridized carbons (Fsp3) is 0.414. The van der Waals surface area contributed by atoms with E-state index in [4.69, 9.17) is 14.2 Å². The summed E-state index contributed by atoms with van der Waals surface area (Å²) in [5, 5.41) is -0.285. The van der Waals surface area contributed by atoms with Crippen LogP contribution in [0.2, 0.25) is 0 Å². The molecule has 196 valence electrons. The lowest BCUT2D eigenvalue weighted by Crippen LogP contribution is -2.36. The summed E-state index contributed by atoms with van der Waals surface area (Å²) >= 11 is 0.946. The van der Waals surface area contributed by atoms with E-state index in [9.17, 15) is 14.4 Å². The summed E-state index contributed by atoms with van der Waals surface area (Å²) in [5.74, 6) is 0.902. The molecule has 8 heteroatoms. The van der Waals surface area contributed by atoms with E-state index in [-0.39, 0.29) is 17.7 Å². The van der Waals surface area contributed by atoms with E-state index in [2.05, 4.69) is 0 Å². The molecule has 2 aromatic carbocycles. The number of ether oxygens (including phenoxy) is 3. The Hall–Kier alpha value is -3.26. The van der Waals surface area contributed by atoms with Crippen molar-refractivity contribution in [1.29, 1.82) is 0 Å². The van der Waals surface area contributed by atoms with Gasteiger partial charge in [0.15, 0.2) is 0 Å². The molecule has 1 atom stereocenters. The average molecular weight is 524 g/mol. The zero-order valence-electron chi connectivity index (χ0n) is 22.4. The van der Waals surface area contributed by atoms with Crippen LogP contribution in [0, 0.1) is 20.8 Å². The normalized spacial score (nSPS) is 20.6. The molecule has 0 bridgehead atoms. The number of hydrogen-bond donors (Lipinski definition) is 0. The minimum atomic E-state index is -0.773. The molecule has 2 aliphatic heterocycles. The highest BCUT2D eigenvalue weighted by atomic mass is 32.2. The van der Waals surface area contributed by atoms with E-state index < -0.39 is 17.4 Å². The van der Waals surface area contributed by atoms with Gasteiger partial charge in [-0.25, -0.2) is 4.79 Å². The van der Waals surface area contributed by atoms with Crippen LogP contribution in [0.25, 0.3) is 0 Å². The Morgan fingerprint density at radius 2 is 1.78 bits per heavy atom. The van der Waals surface area contributed by atoms with Gasteiger partial charge in [0.25, 0.3) is 11.1 Å². The largest absolute Gasteiger partial charge is 0.514 e. The molecule has 2 aromatic rings. The molecule has 0 aliphatic carbocycles. The van der Waals surface area contributed by atoms with Gasteiger partial charge < -0.3 is 14.2 Å². The Morgan fingerprint density at radius 3 is 2.43 bits per heavy atom. The van der Waals surface area contributed by atoms with Crippen molar-refractivity contribution in [1.82, 2.24) is 4.90 Å². The first-order valence-corrected chi connectivity index (χ1v) is 13.1. The highest BCUT2D eigenvalue weighted by Gasteiger charge is 2.40. The predicted molar refractivity (Wildman–Crippen MR) is 143 cm³/mol. The lowest BCUT2D eigenvalue weighted by Gasteiger charge is -2.36. The Balaban J connectivity index is 1.58. The van der Waals surface area contributed by atoms with E-state index in [0.29, 0.717) is 23.5 Å². The summed E-state index contributed by atoms with van der Waals surface area (Å²) in [5.41, 5.74) is 2.90. The minimum absolute atomic E-state index is 0.237. The second-order valence-corrected chi connectivity index (χ2v) is 11.7. The van der Waals surface area contributed by atoms with Crippen LogP contribution in [0.4, 0.5) is 9.59 Å². The van der Waals surface area contributed by atoms with Crippen LogP contribution in [0.3, 0.4) is 0 Å². The van der Waals surface area contributed by atoms with Crippen molar-refractivity contribution in [2.45, 2.75) is 79.1 Å². The van der Waals surface area contributed by atoms with Gasteiger partial charge in [-0.05, 0) is 101 Å². The summed E-state index contributed by atoms with van der Waals surface area (Å²) in [7, 11) is 0. The molecule has 4 rings (SSSR count). The van der Waals surface area contributed by atoms with Crippen molar-refractivity contribution >= 4 is 29.1 Å². The van der Waals surface area contributed by atoms with Gasteiger partial charge in [-0.3, -0.25) is 14.5 Å². The fourth-order valence-electron chi connectivity index (χ4n) is 4.54. The molecular formula is C29H33NO6S. The van der Waals surface area contributed by atoms with Gasteiger partial charge >= 0.3 is 6.16 Å². The maximum Gasteiger partial charge on any atom is 0.514 e. The number of rotatable bonds is 4. The molecule has 2 aliphatic rings. The maximum atomic E-state index is 13.1. The standard InChI is InChI=1S/C29H33NO6S/c1-17-18(2)24-21(19(3)23(17)34-27(33)36-28(4,5)6)13-14-29(7,35-24)15-22-25(31)30(26(32)37-22)16-20-11-9-8-10-12-20/h8-12,15H,13-14,16H2,1-7H3/b22-15-. The first-order chi connectivity index (χ1) is 17.3. The third-order valence-corrected chi connectivity index (χ3v) is 7.49. The summed E-state index contributed by atoms with van der Waals surface area (Å²) in [4.78, 5) is 39.7. The molecule has 7 nitrogen and oxygen atoms in total. The van der Waals surface area contributed by atoms with Crippen molar-refractivity contribution in [3.05, 3.63) is 69.1 Å². The fourth-order valence-corrected chi connectivity index (χ4v) is 5.49. The third kappa shape index (κ3) is 5.69. The van der Waals surface area contributed by atoms with Crippen LogP contribution < -0.4 is 9.47 Å². The second-order valence-electron chi connectivity index (χ2n) is 10.7. The molecule has 0 N–H and O–H groups in total. The van der Waals surface area contributed by atoms with Gasteiger partial charge in [-0.1, -0.05) is 30.3 Å². The van der Waals surface area contributed by atoms with Crippen LogP contribution in [0.1, 0.15) is 61.9 Å². The van der Waals surface area contributed by atoms with E-state index in [1.165, 1.54) is 4.90 Å². The third-order valence-electron chi connectivity index (χ3n) is 6.59. The molecule has 0 aromatic heterocycles. The number of nitrogens with zero attached hydrogens (tertiary/aromatic N) is 1. The van der Waals surface area contributed by atoms with Gasteiger partial charge in [0.1, 0.15) is 22.7 Å². The van der Waals surface area contributed by atoms with E-state index in [1.54, 1.807) is 26.8 Å². The molecule has 1 saturated heterocycles. The summed E-state index contributed by atoms with van der Waals surface area (Å²) in [6, 6.07) is 9.45. The van der Waals surface area contributed by atoms with Crippen molar-refractivity contribution in [2.75, 3.05) is 0 Å². The topological polar surface area (TPSA) is 82.1 Å². The van der Waals surface area contributed by atoms with Crippen LogP contribution in [0.5, 0.6) is 11.5 Å². The van der Waals surface area contributed by atoms with Gasteiger partial charge in [0.2, 0.25) is 0 Å². The lowest BCUT2D eigenvalue weighted by atomic mass is 9.87. The minimum Gasteiger partial charge on any atom is -0.483 e. The molecule has 0 saturated carbocycles. The SMILES string of the molecule is Cc1c(C)c2c(c(C)c1OC(=O)OC(C)(C)C)CCC(C)(/C=C1\SC(=O)N(Cc3ccccc3)C1=O)O2. The summed E-state index contributed by atoms with van der Waals surface area (Å²) in [6.07, 6.45) is 2.29. The molecule has 1 unspecified atom stereocenters. The molecule has 0 spiro atoms. The zero-order chi connectivity index (χ0) is 27.1. The summed E-state index contributed by atoms with van der Waals surface area (Å²) in [6.45, 7) is 13.2. The van der Waals surface area contributed by atoms with Crippen molar-refractivity contribution in [2.24, 2.45) is 0 Å². The van der Waals surface area contributed by atoms with Gasteiger partial charge in [-0.2, -0.15) is 0 Å². The van der Waals surface area contributed by atoms with Gasteiger partial charge in [0.05, 0.1) is 11.4 Å². The molecule has 2 heterocycles. The number of benzene rings is 2. The van der Waals surface area contributed by atoms with Gasteiger partial charge in [0, 0.05) is 5.56 Å². The second kappa shape index (κ2) is 9.89. The number of hydrogen-bond acceptors (Lipinski definition) is 7. The monoisotopic (exact) mass is 523 g/mol. The number of imide groups is 1. The number of carbonyl (C=O) groups excluding carboxylic acids is 3. The van der Waals surface area contributed by atoms with Crippen LogP contribution in [-0.4, -0.2) is 33.4 Å². The molecule has 37 heavy (non-hydrogen) atoms. The van der Waals surface area contributed by atoms with Crippen molar-refractivity contribution in [3.8, 4) is 11.5 Å². The van der Waals surface area contributed by atoms with Crippen molar-refractivity contribution in [3.63, 3.8) is 0 Å². The van der Waals surface area contributed by atoms with E-state index >= 15 is 0 Å². The van der Waals surface area contributed by atoms with Crippen LogP contribution in [0.15, 0.2) is 41.3 Å². The summed E-state index contributed by atoms with van der Waals surface area (Å²) < 4.78 is 17.5. The molecule has 0 radical (unpaired) electrons. The Morgan fingerprint density at radius 1 is 1.11 bits per heavy atom. The number of fused-ring (bicyclic) bond motifs is 1. The quantitative estimate of drug-likeness (QED) is 0.248. The van der Waals surface area contributed by atoms with Crippen molar-refractivity contribution < 1.29 is 28.6 Å². The Kier molecular flexibility index (Phi) is 7.16. The van der Waals surface area contributed by atoms with Gasteiger partial charge in [-0.15, -0.1) is 0 Å². The highest BCUT2D eigenvalue weighted by molar-refractivity contribution is 8.18. The maximum absolute atomic E-state index is 13.1. The predicted octanol–water partition coefficient (Wildman–Crippen LogP) is 6.79. The average Bonchev–Trinajstić information content (AvgIpc) is 3.06. The van der Waals surface area contributed by atoms with E-state index in [0.717, 1.165) is 45.3 Å². The number of thioether (sulfide) groups is 1. The first kappa shape index (κ1) is 26.8. The molecular weight excluding hydrogens is 490 g/mol.